The number of carbonyl (C=O) groups is 1. The quantitative estimate of drug-likeness (QED) is 0.738. The molecule has 0 saturated carbocycles. The molecule has 3 nitrogen and oxygen atoms in total. The minimum atomic E-state index is 0.130. The maximum atomic E-state index is 12.2. The summed E-state index contributed by atoms with van der Waals surface area (Å²) >= 11 is 1.62. The molecule has 3 aromatic rings. The number of aromatic nitrogens is 1. The van der Waals surface area contributed by atoms with Crippen molar-refractivity contribution in [3.05, 3.63) is 64.5 Å². The van der Waals surface area contributed by atoms with E-state index in [-0.39, 0.29) is 5.91 Å². The third kappa shape index (κ3) is 3.28. The van der Waals surface area contributed by atoms with E-state index in [4.69, 9.17) is 0 Å². The molecule has 0 saturated heterocycles. The van der Waals surface area contributed by atoms with Gasteiger partial charge in [-0.15, -0.1) is 11.3 Å². The maximum absolute atomic E-state index is 12.2. The van der Waals surface area contributed by atoms with Crippen LogP contribution in [0.15, 0.2) is 54.0 Å². The number of fused-ring (bicyclic) bond motifs is 1. The molecule has 0 unspecified atom stereocenters. The van der Waals surface area contributed by atoms with Gasteiger partial charge < -0.3 is 4.90 Å². The van der Waals surface area contributed by atoms with E-state index in [9.17, 15) is 4.79 Å². The topological polar surface area (TPSA) is 33.2 Å². The van der Waals surface area contributed by atoms with Crippen LogP contribution in [0.25, 0.3) is 10.9 Å². The first kappa shape index (κ1) is 13.8. The smallest absolute Gasteiger partial charge is 0.227 e. The number of hydrogen-bond donors (Lipinski definition) is 0. The molecule has 0 N–H and O–H groups in total. The second kappa shape index (κ2) is 6.06. The molecule has 106 valence electrons. The van der Waals surface area contributed by atoms with Gasteiger partial charge in [0.05, 0.1) is 11.9 Å². The number of amides is 1. The van der Waals surface area contributed by atoms with Gasteiger partial charge in [0.25, 0.3) is 0 Å². The van der Waals surface area contributed by atoms with Gasteiger partial charge in [0.15, 0.2) is 0 Å². The van der Waals surface area contributed by atoms with Gasteiger partial charge in [-0.3, -0.25) is 9.78 Å². The lowest BCUT2D eigenvalue weighted by atomic mass is 10.1. The zero-order chi connectivity index (χ0) is 14.7. The lowest BCUT2D eigenvalue weighted by molar-refractivity contribution is -0.129. The van der Waals surface area contributed by atoms with Crippen molar-refractivity contribution < 1.29 is 4.79 Å². The summed E-state index contributed by atoms with van der Waals surface area (Å²) in [5.41, 5.74) is 2.03. The number of pyridine rings is 1. The predicted octanol–water partition coefficient (Wildman–Crippen LogP) is 3.50. The van der Waals surface area contributed by atoms with E-state index in [1.807, 2.05) is 55.0 Å². The fraction of sp³-hybridized carbons (Fsp3) is 0.176. The van der Waals surface area contributed by atoms with Gasteiger partial charge in [-0.25, -0.2) is 0 Å². The van der Waals surface area contributed by atoms with Crippen LogP contribution in [-0.2, 0) is 17.8 Å². The van der Waals surface area contributed by atoms with Crippen molar-refractivity contribution in [2.45, 2.75) is 13.0 Å². The van der Waals surface area contributed by atoms with Gasteiger partial charge in [-0.05, 0) is 29.1 Å². The third-order valence-electron chi connectivity index (χ3n) is 3.40. The van der Waals surface area contributed by atoms with E-state index >= 15 is 0 Å². The van der Waals surface area contributed by atoms with Gasteiger partial charge in [0.2, 0.25) is 5.91 Å². The van der Waals surface area contributed by atoms with Crippen molar-refractivity contribution in [1.82, 2.24) is 9.88 Å². The summed E-state index contributed by atoms with van der Waals surface area (Å²) in [6.07, 6.45) is 2.31. The molecule has 3 rings (SSSR count). The maximum Gasteiger partial charge on any atom is 0.227 e. The van der Waals surface area contributed by atoms with Crippen LogP contribution in [0.3, 0.4) is 0 Å². The van der Waals surface area contributed by atoms with Crippen molar-refractivity contribution >= 4 is 28.1 Å². The minimum absolute atomic E-state index is 0.130. The molecule has 0 aliphatic heterocycles. The summed E-state index contributed by atoms with van der Waals surface area (Å²) in [5.74, 6) is 0.130. The standard InChI is InChI=1S/C17H16N2OS/c1-19(17(20)10-15-6-4-8-21-15)12-13-9-14-5-2-3-7-16(14)18-11-13/h2-9,11H,10,12H2,1H3. The molecule has 0 fully saturated rings. The van der Waals surface area contributed by atoms with Crippen molar-refractivity contribution in [2.24, 2.45) is 0 Å². The first-order chi connectivity index (χ1) is 10.2. The number of likely N-dealkylation sites (N-methyl/N-ethyl adjacent to an activating group) is 1. The SMILES string of the molecule is CN(Cc1cnc2ccccc2c1)C(=O)Cc1cccs1. The van der Waals surface area contributed by atoms with Crippen LogP contribution >= 0.6 is 11.3 Å². The highest BCUT2D eigenvalue weighted by atomic mass is 32.1. The van der Waals surface area contributed by atoms with Crippen LogP contribution in [0, 0.1) is 0 Å². The lowest BCUT2D eigenvalue weighted by Gasteiger charge is -2.17. The van der Waals surface area contributed by atoms with E-state index < -0.39 is 0 Å². The lowest BCUT2D eigenvalue weighted by Crippen LogP contribution is -2.27. The molecule has 2 heterocycles. The number of thiophene rings is 1. The number of nitrogens with zero attached hydrogens (tertiary/aromatic N) is 2. The molecule has 0 radical (unpaired) electrons. The van der Waals surface area contributed by atoms with Crippen molar-refractivity contribution in [3.63, 3.8) is 0 Å². The monoisotopic (exact) mass is 296 g/mol. The largest absolute Gasteiger partial charge is 0.341 e. The van der Waals surface area contributed by atoms with Crippen molar-refractivity contribution in [3.8, 4) is 0 Å². The molecule has 0 spiro atoms. The second-order valence-electron chi connectivity index (χ2n) is 5.04. The van der Waals surface area contributed by atoms with Crippen molar-refractivity contribution in [1.29, 1.82) is 0 Å². The Kier molecular flexibility index (Phi) is 3.97. The third-order valence-corrected chi connectivity index (χ3v) is 4.27. The molecular formula is C17H16N2OS. The Morgan fingerprint density at radius 2 is 2.10 bits per heavy atom. The summed E-state index contributed by atoms with van der Waals surface area (Å²) in [4.78, 5) is 19.5. The zero-order valence-corrected chi connectivity index (χ0v) is 12.6. The highest BCUT2D eigenvalue weighted by Crippen LogP contribution is 2.15. The molecule has 2 aromatic heterocycles. The van der Waals surface area contributed by atoms with E-state index in [2.05, 4.69) is 11.1 Å². The van der Waals surface area contributed by atoms with Crippen LogP contribution in [0.4, 0.5) is 0 Å². The second-order valence-corrected chi connectivity index (χ2v) is 6.07. The summed E-state index contributed by atoms with van der Waals surface area (Å²) < 4.78 is 0. The highest BCUT2D eigenvalue weighted by Gasteiger charge is 2.11. The molecule has 0 bridgehead atoms. The first-order valence-corrected chi connectivity index (χ1v) is 7.70. The van der Waals surface area contributed by atoms with E-state index in [0.29, 0.717) is 13.0 Å². The molecule has 0 atom stereocenters. The Balaban J connectivity index is 1.70. The number of hydrogen-bond acceptors (Lipinski definition) is 3. The van der Waals surface area contributed by atoms with Crippen molar-refractivity contribution in [2.75, 3.05) is 7.05 Å². The summed E-state index contributed by atoms with van der Waals surface area (Å²) in [6, 6.07) is 14.1. The summed E-state index contributed by atoms with van der Waals surface area (Å²) in [5, 5.41) is 3.10. The highest BCUT2D eigenvalue weighted by molar-refractivity contribution is 7.10. The minimum Gasteiger partial charge on any atom is -0.341 e. The molecule has 21 heavy (non-hydrogen) atoms. The Labute approximate surface area is 127 Å². The van der Waals surface area contributed by atoms with E-state index in [1.54, 1.807) is 16.2 Å². The number of para-hydroxylation sites is 1. The van der Waals surface area contributed by atoms with Crippen LogP contribution in [-0.4, -0.2) is 22.8 Å². The average molecular weight is 296 g/mol. The van der Waals surface area contributed by atoms with Gasteiger partial charge in [-0.2, -0.15) is 0 Å². The Hall–Kier alpha value is -2.20. The Morgan fingerprint density at radius 1 is 1.24 bits per heavy atom. The molecule has 0 aliphatic rings. The molecular weight excluding hydrogens is 280 g/mol. The number of carbonyl (C=O) groups excluding carboxylic acids is 1. The summed E-state index contributed by atoms with van der Waals surface area (Å²) in [7, 11) is 1.84. The molecule has 1 amide bonds. The molecule has 1 aromatic carbocycles. The Bertz CT molecular complexity index is 752. The first-order valence-electron chi connectivity index (χ1n) is 6.82. The number of rotatable bonds is 4. The molecule has 0 aliphatic carbocycles. The van der Waals surface area contributed by atoms with Crippen LogP contribution in [0.2, 0.25) is 0 Å². The fourth-order valence-corrected chi connectivity index (χ4v) is 2.96. The molecule has 4 heteroatoms. The number of benzene rings is 1. The summed E-state index contributed by atoms with van der Waals surface area (Å²) in [6.45, 7) is 0.585. The van der Waals surface area contributed by atoms with Crippen LogP contribution in [0.1, 0.15) is 10.4 Å². The average Bonchev–Trinajstić information content (AvgIpc) is 3.00. The van der Waals surface area contributed by atoms with Crippen LogP contribution in [0.5, 0.6) is 0 Å². The normalized spacial score (nSPS) is 10.7. The van der Waals surface area contributed by atoms with E-state index in [1.165, 1.54) is 0 Å². The van der Waals surface area contributed by atoms with E-state index in [0.717, 1.165) is 21.3 Å². The predicted molar refractivity (Wildman–Crippen MR) is 86.2 cm³/mol. The van der Waals surface area contributed by atoms with Gasteiger partial charge >= 0.3 is 0 Å². The Morgan fingerprint density at radius 3 is 2.90 bits per heavy atom. The fourth-order valence-electron chi connectivity index (χ4n) is 2.26. The van der Waals surface area contributed by atoms with Gasteiger partial charge in [0.1, 0.15) is 0 Å². The van der Waals surface area contributed by atoms with Gasteiger partial charge in [-0.1, -0.05) is 24.3 Å². The van der Waals surface area contributed by atoms with Crippen LogP contribution < -0.4 is 0 Å². The zero-order valence-electron chi connectivity index (χ0n) is 11.8. The van der Waals surface area contributed by atoms with Gasteiger partial charge in [0, 0.05) is 30.1 Å².